The zero-order chi connectivity index (χ0) is 52.3. The maximum Gasteiger partial charge on any atom is 0.250 e. The Kier molecular flexibility index (Phi) is 18.1. The standard InChI is InChI=1S/C33H50O7Si2.C21H22O7.CH4/c1-32(2,3)41(11,12)39-27-17-21(18-28(30(27)37-9)40-42(13,14)33(4,5)6)24-19-22(34)15-16-23-25(24)20-26(35-7)31(38-10)29(23)36-8;1-25-18-10-15-13(19(26-2)21(18)28-4)6-5-12(22)9-14(15)11-7-16(23)20(27-3)17(24)8-11;/h17-20H,15-16H2,1-14H3;7-10,23-24H,5-6H2,1-4H3;1H4. The Morgan fingerprint density at radius 3 is 1.04 bits per heavy atom. The first kappa shape index (κ1) is 57.3. The summed E-state index contributed by atoms with van der Waals surface area (Å²) in [5.41, 5.74) is 5.75. The number of hydrogen-bond acceptors (Lipinski definition) is 14. The minimum Gasteiger partial charge on any atom is -0.541 e. The number of fused-ring (bicyclic) bond motifs is 2. The number of phenols is 2. The molecular formula is C55H76O14Si2. The van der Waals surface area contributed by atoms with E-state index in [-0.39, 0.29) is 52.7 Å². The van der Waals surface area contributed by atoms with Crippen molar-refractivity contribution in [3.05, 3.63) is 81.9 Å². The number of ketones is 2. The fraction of sp³-hybridized carbons (Fsp3) is 0.455. The number of rotatable bonds is 14. The van der Waals surface area contributed by atoms with Crippen LogP contribution in [0.2, 0.25) is 36.3 Å². The van der Waals surface area contributed by atoms with Crippen LogP contribution in [0.3, 0.4) is 0 Å². The molecule has 0 aromatic heterocycles. The molecule has 4 aromatic rings. The Morgan fingerprint density at radius 1 is 0.423 bits per heavy atom. The van der Waals surface area contributed by atoms with E-state index in [1.807, 2.05) is 18.2 Å². The van der Waals surface area contributed by atoms with Gasteiger partial charge in [-0.1, -0.05) is 49.0 Å². The average Bonchev–Trinajstić information content (AvgIpc) is 3.56. The number of carbonyl (C=O) groups is 2. The van der Waals surface area contributed by atoms with Crippen LogP contribution in [-0.2, 0) is 22.4 Å². The monoisotopic (exact) mass is 1020 g/mol. The van der Waals surface area contributed by atoms with Crippen LogP contribution in [-0.4, -0.2) is 95.3 Å². The van der Waals surface area contributed by atoms with Gasteiger partial charge in [-0.25, -0.2) is 0 Å². The quantitative estimate of drug-likeness (QED) is 0.115. The molecule has 0 radical (unpaired) electrons. The minimum atomic E-state index is -2.29. The van der Waals surface area contributed by atoms with Crippen molar-refractivity contribution in [1.82, 2.24) is 0 Å². The number of hydrogen-bond donors (Lipinski definition) is 2. The topological polar surface area (TPSA) is 167 Å². The largest absolute Gasteiger partial charge is 0.541 e. The molecule has 0 fully saturated rings. The van der Waals surface area contributed by atoms with Crippen LogP contribution in [0.5, 0.6) is 69.0 Å². The average molecular weight is 1020 g/mol. The summed E-state index contributed by atoms with van der Waals surface area (Å²) in [6.45, 7) is 22.1. The van der Waals surface area contributed by atoms with Gasteiger partial charge in [0.2, 0.25) is 23.0 Å². The van der Waals surface area contributed by atoms with E-state index in [9.17, 15) is 19.8 Å². The van der Waals surface area contributed by atoms with Crippen LogP contribution >= 0.6 is 0 Å². The highest BCUT2D eigenvalue weighted by molar-refractivity contribution is 6.75. The van der Waals surface area contributed by atoms with E-state index in [1.54, 1.807) is 40.6 Å². The van der Waals surface area contributed by atoms with Gasteiger partial charge in [0.25, 0.3) is 16.6 Å². The van der Waals surface area contributed by atoms with E-state index < -0.39 is 16.6 Å². The van der Waals surface area contributed by atoms with Crippen LogP contribution < -0.4 is 46.7 Å². The van der Waals surface area contributed by atoms with Crippen molar-refractivity contribution >= 4 is 39.3 Å². The molecule has 16 heteroatoms. The van der Waals surface area contributed by atoms with Gasteiger partial charge in [-0.3, -0.25) is 9.59 Å². The third-order valence-electron chi connectivity index (χ3n) is 13.7. The molecule has 2 aliphatic rings. The normalized spacial score (nSPS) is 13.8. The highest BCUT2D eigenvalue weighted by atomic mass is 28.4. The Hall–Kier alpha value is -6.27. The molecule has 0 saturated carbocycles. The van der Waals surface area contributed by atoms with E-state index in [0.717, 1.165) is 27.8 Å². The zero-order valence-corrected chi connectivity index (χ0v) is 46.2. The molecular weight excluding hydrogens is 941 g/mol. The van der Waals surface area contributed by atoms with Gasteiger partial charge in [0, 0.05) is 24.0 Å². The molecule has 6 rings (SSSR count). The molecule has 0 saturated heterocycles. The Labute approximate surface area is 423 Å². The Balaban J connectivity index is 0.000000328. The number of ether oxygens (including phenoxy) is 8. The van der Waals surface area contributed by atoms with Crippen LogP contribution in [0, 0.1) is 0 Å². The van der Waals surface area contributed by atoms with Crippen molar-refractivity contribution in [3.63, 3.8) is 0 Å². The minimum absolute atomic E-state index is 0. The maximum atomic E-state index is 13.2. The zero-order valence-electron chi connectivity index (χ0n) is 44.2. The second-order valence-corrected chi connectivity index (χ2v) is 29.6. The first-order valence-corrected chi connectivity index (χ1v) is 28.9. The lowest BCUT2D eigenvalue weighted by atomic mass is 9.92. The molecule has 0 aliphatic heterocycles. The molecule has 0 bridgehead atoms. The van der Waals surface area contributed by atoms with Crippen molar-refractivity contribution in [2.24, 2.45) is 0 Å². The highest BCUT2D eigenvalue weighted by Gasteiger charge is 2.42. The molecule has 0 spiro atoms. The molecule has 4 aromatic carbocycles. The van der Waals surface area contributed by atoms with Crippen molar-refractivity contribution in [2.45, 2.75) is 111 Å². The maximum absolute atomic E-state index is 13.2. The van der Waals surface area contributed by atoms with E-state index in [4.69, 9.17) is 46.7 Å². The van der Waals surface area contributed by atoms with E-state index in [2.05, 4.69) is 67.7 Å². The third-order valence-corrected chi connectivity index (χ3v) is 22.4. The first-order chi connectivity index (χ1) is 32.8. The molecule has 0 heterocycles. The number of benzene rings is 4. The summed E-state index contributed by atoms with van der Waals surface area (Å²) in [6.07, 6.45) is 4.80. The SMILES string of the molecule is C.COc1cc2c(c(OC)c1OC)CCC(=O)C=C2c1cc(O)c(OC)c(O)c1.COc1cc2c(c(OC)c1OC)CCC(=O)C=C2c1cc(O[Si](C)(C)C(C)(C)C)c(OC)c(O[Si](C)(C)C(C)(C)C)c1. The summed E-state index contributed by atoms with van der Waals surface area (Å²) in [5.74, 6) is 4.21. The Morgan fingerprint density at radius 2 is 0.746 bits per heavy atom. The van der Waals surface area contributed by atoms with Crippen molar-refractivity contribution in [3.8, 4) is 69.0 Å². The number of phenolic OH excluding ortho intramolecular Hbond substituents is 2. The van der Waals surface area contributed by atoms with E-state index >= 15 is 0 Å². The molecule has 0 unspecified atom stereocenters. The van der Waals surface area contributed by atoms with Gasteiger partial charge in [0.05, 0.1) is 56.9 Å². The third kappa shape index (κ3) is 11.8. The summed E-state index contributed by atoms with van der Waals surface area (Å²) < 4.78 is 58.5. The summed E-state index contributed by atoms with van der Waals surface area (Å²) >= 11 is 0. The summed E-state index contributed by atoms with van der Waals surface area (Å²) in [5, 5.41) is 20.3. The summed E-state index contributed by atoms with van der Waals surface area (Å²) in [6, 6.07) is 10.5. The van der Waals surface area contributed by atoms with Crippen molar-refractivity contribution in [1.29, 1.82) is 0 Å². The predicted octanol–water partition coefficient (Wildman–Crippen LogP) is 12.2. The van der Waals surface area contributed by atoms with Crippen molar-refractivity contribution in [2.75, 3.05) is 56.9 Å². The Bertz CT molecular complexity index is 2610. The number of methoxy groups -OCH3 is 8. The number of carbonyl (C=O) groups excluding carboxylic acids is 2. The summed E-state index contributed by atoms with van der Waals surface area (Å²) in [4.78, 5) is 25.6. The lowest BCUT2D eigenvalue weighted by molar-refractivity contribution is -0.115. The van der Waals surface area contributed by atoms with Crippen LogP contribution in [0.4, 0.5) is 0 Å². The van der Waals surface area contributed by atoms with Gasteiger partial charge in [-0.05, 0) is 131 Å². The smallest absolute Gasteiger partial charge is 0.250 e. The molecule has 0 amide bonds. The predicted molar refractivity (Wildman–Crippen MR) is 285 cm³/mol. The first-order valence-electron chi connectivity index (χ1n) is 23.1. The molecule has 2 N–H and O–H groups in total. The van der Waals surface area contributed by atoms with Crippen LogP contribution in [0.15, 0.2) is 48.6 Å². The van der Waals surface area contributed by atoms with Gasteiger partial charge in [0.15, 0.2) is 57.6 Å². The van der Waals surface area contributed by atoms with E-state index in [1.165, 1.54) is 46.6 Å². The lowest BCUT2D eigenvalue weighted by Crippen LogP contribution is -2.44. The fourth-order valence-electron chi connectivity index (χ4n) is 7.91. The van der Waals surface area contributed by atoms with E-state index in [0.29, 0.717) is 87.7 Å². The fourth-order valence-corrected chi connectivity index (χ4v) is 9.92. The lowest BCUT2D eigenvalue weighted by Gasteiger charge is -2.39. The van der Waals surface area contributed by atoms with Crippen LogP contribution in [0.25, 0.3) is 11.1 Å². The van der Waals surface area contributed by atoms with Crippen molar-refractivity contribution < 1.29 is 66.5 Å². The molecule has 71 heavy (non-hydrogen) atoms. The van der Waals surface area contributed by atoms with Gasteiger partial charge in [0.1, 0.15) is 0 Å². The van der Waals surface area contributed by atoms with Crippen LogP contribution in [0.1, 0.15) is 95.2 Å². The molecule has 2 aliphatic carbocycles. The molecule has 0 atom stereocenters. The molecule has 14 nitrogen and oxygen atoms in total. The highest BCUT2D eigenvalue weighted by Crippen LogP contribution is 2.52. The molecule has 388 valence electrons. The van der Waals surface area contributed by atoms with Gasteiger partial charge in [-0.2, -0.15) is 0 Å². The number of aromatic hydroxyl groups is 2. The number of allylic oxidation sites excluding steroid dienone is 2. The van der Waals surface area contributed by atoms with Gasteiger partial charge >= 0.3 is 0 Å². The second-order valence-electron chi connectivity index (χ2n) is 20.2. The van der Waals surface area contributed by atoms with Gasteiger partial charge < -0.3 is 57.0 Å². The van der Waals surface area contributed by atoms with Gasteiger partial charge in [-0.15, -0.1) is 0 Å². The second kappa shape index (κ2) is 22.4. The summed E-state index contributed by atoms with van der Waals surface area (Å²) in [7, 11) is 7.77.